The third kappa shape index (κ3) is 4.64. The van der Waals surface area contributed by atoms with Gasteiger partial charge < -0.3 is 14.2 Å². The van der Waals surface area contributed by atoms with Gasteiger partial charge in [0.1, 0.15) is 11.6 Å². The monoisotopic (exact) mass is 467 g/mol. The summed E-state index contributed by atoms with van der Waals surface area (Å²) >= 11 is 1.95. The number of thioether (sulfide) groups is 1. The van der Waals surface area contributed by atoms with E-state index in [0.717, 1.165) is 58.5 Å². The van der Waals surface area contributed by atoms with Crippen LogP contribution in [0.1, 0.15) is 11.4 Å². The van der Waals surface area contributed by atoms with Crippen molar-refractivity contribution in [1.29, 1.82) is 0 Å². The van der Waals surface area contributed by atoms with Gasteiger partial charge >= 0.3 is 6.61 Å². The summed E-state index contributed by atoms with van der Waals surface area (Å²) in [6.07, 6.45) is 3.70. The highest BCUT2D eigenvalue weighted by atomic mass is 32.2. The summed E-state index contributed by atoms with van der Waals surface area (Å²) in [7, 11) is 0. The highest BCUT2D eigenvalue weighted by Crippen LogP contribution is 2.28. The van der Waals surface area contributed by atoms with E-state index in [2.05, 4.69) is 19.9 Å². The lowest BCUT2D eigenvalue weighted by Gasteiger charge is -2.26. The van der Waals surface area contributed by atoms with Crippen molar-refractivity contribution in [3.63, 3.8) is 0 Å². The molecule has 2 aromatic carbocycles. The predicted octanol–water partition coefficient (Wildman–Crippen LogP) is 5.00. The van der Waals surface area contributed by atoms with Crippen LogP contribution in [0, 0.1) is 6.92 Å². The minimum absolute atomic E-state index is 0.171. The first-order valence-corrected chi connectivity index (χ1v) is 11.9. The summed E-state index contributed by atoms with van der Waals surface area (Å²) in [4.78, 5) is 16.0. The minimum atomic E-state index is -2.87. The number of anilines is 1. The summed E-state index contributed by atoms with van der Waals surface area (Å²) < 4.78 is 32.4. The Bertz CT molecular complexity index is 1260. The van der Waals surface area contributed by atoms with Crippen LogP contribution >= 0.6 is 11.8 Å². The van der Waals surface area contributed by atoms with Gasteiger partial charge in [0, 0.05) is 48.1 Å². The average molecular weight is 468 g/mol. The Morgan fingerprint density at radius 1 is 1.03 bits per heavy atom. The molecule has 170 valence electrons. The number of fused-ring (bicyclic) bond motifs is 1. The summed E-state index contributed by atoms with van der Waals surface area (Å²) in [5.41, 5.74) is 4.30. The molecule has 33 heavy (non-hydrogen) atoms. The van der Waals surface area contributed by atoms with Gasteiger partial charge in [-0.25, -0.2) is 15.0 Å². The molecule has 4 aromatic rings. The molecule has 0 N–H and O–H groups in total. The van der Waals surface area contributed by atoms with Gasteiger partial charge in [0.05, 0.1) is 17.6 Å². The molecular weight excluding hydrogens is 444 g/mol. The summed E-state index contributed by atoms with van der Waals surface area (Å²) in [5.74, 6) is 3.91. The number of aromatic nitrogens is 4. The maximum absolute atomic E-state index is 12.8. The molecular formula is C24H23F2N5OS. The molecule has 0 atom stereocenters. The van der Waals surface area contributed by atoms with E-state index in [9.17, 15) is 8.78 Å². The van der Waals surface area contributed by atoms with Crippen LogP contribution in [0.5, 0.6) is 5.75 Å². The summed E-state index contributed by atoms with van der Waals surface area (Å²) in [5, 5.41) is 0. The molecule has 1 saturated heterocycles. The number of nitrogens with zero attached hydrogens (tertiary/aromatic N) is 5. The number of halogens is 2. The van der Waals surface area contributed by atoms with E-state index in [0.29, 0.717) is 12.1 Å². The van der Waals surface area contributed by atoms with Gasteiger partial charge in [0.15, 0.2) is 0 Å². The molecule has 0 amide bonds. The van der Waals surface area contributed by atoms with E-state index in [-0.39, 0.29) is 5.75 Å². The van der Waals surface area contributed by atoms with Crippen LogP contribution in [-0.2, 0) is 6.54 Å². The fourth-order valence-corrected chi connectivity index (χ4v) is 4.94. The van der Waals surface area contributed by atoms with Gasteiger partial charge in [-0.2, -0.15) is 20.5 Å². The number of alkyl halides is 2. The molecule has 5 rings (SSSR count). The van der Waals surface area contributed by atoms with E-state index >= 15 is 0 Å². The molecule has 0 radical (unpaired) electrons. The zero-order valence-electron chi connectivity index (χ0n) is 18.1. The Morgan fingerprint density at radius 3 is 2.55 bits per heavy atom. The molecule has 9 heteroatoms. The molecule has 3 heterocycles. The van der Waals surface area contributed by atoms with Crippen molar-refractivity contribution in [3.8, 4) is 16.9 Å². The highest BCUT2D eigenvalue weighted by Gasteiger charge is 2.16. The Hall–Kier alpha value is -3.20. The van der Waals surface area contributed by atoms with Crippen LogP contribution in [0.2, 0.25) is 0 Å². The van der Waals surface area contributed by atoms with Gasteiger partial charge in [-0.05, 0) is 30.7 Å². The van der Waals surface area contributed by atoms with Crippen molar-refractivity contribution in [2.45, 2.75) is 20.1 Å². The zero-order chi connectivity index (χ0) is 22.8. The Morgan fingerprint density at radius 2 is 1.79 bits per heavy atom. The average Bonchev–Trinajstić information content (AvgIpc) is 3.15. The summed E-state index contributed by atoms with van der Waals surface area (Å²) in [6.45, 7) is 1.34. The lowest BCUT2D eigenvalue weighted by atomic mass is 10.1. The van der Waals surface area contributed by atoms with E-state index in [1.165, 1.54) is 0 Å². The molecule has 0 saturated carbocycles. The van der Waals surface area contributed by atoms with Gasteiger partial charge in [0.25, 0.3) is 0 Å². The van der Waals surface area contributed by atoms with E-state index in [4.69, 9.17) is 4.74 Å². The van der Waals surface area contributed by atoms with Crippen LogP contribution < -0.4 is 9.64 Å². The number of imidazole rings is 1. The first-order valence-electron chi connectivity index (χ1n) is 10.7. The number of aryl methyl sites for hydroxylation is 1. The normalized spacial score (nSPS) is 14.2. The highest BCUT2D eigenvalue weighted by molar-refractivity contribution is 7.99. The fraction of sp³-hybridized carbons (Fsp3) is 0.292. The van der Waals surface area contributed by atoms with Crippen LogP contribution in [0.15, 0.2) is 54.9 Å². The zero-order valence-corrected chi connectivity index (χ0v) is 18.9. The lowest BCUT2D eigenvalue weighted by Crippen LogP contribution is -2.33. The topological polar surface area (TPSA) is 56.1 Å². The van der Waals surface area contributed by atoms with Crippen LogP contribution in [-0.4, -0.2) is 50.7 Å². The lowest BCUT2D eigenvalue weighted by molar-refractivity contribution is -0.0504. The maximum atomic E-state index is 12.8. The van der Waals surface area contributed by atoms with Crippen LogP contribution in [0.25, 0.3) is 22.2 Å². The quantitative estimate of drug-likeness (QED) is 0.398. The fourth-order valence-electron chi connectivity index (χ4n) is 4.04. The van der Waals surface area contributed by atoms with Gasteiger partial charge in [0.2, 0.25) is 5.95 Å². The molecule has 0 bridgehead atoms. The Labute approximate surface area is 194 Å². The molecule has 1 aliphatic heterocycles. The smallest absolute Gasteiger partial charge is 0.387 e. The van der Waals surface area contributed by atoms with Gasteiger partial charge in [-0.1, -0.05) is 24.3 Å². The van der Waals surface area contributed by atoms with E-state index in [1.807, 2.05) is 59.9 Å². The number of para-hydroxylation sites is 1. The second-order valence-corrected chi connectivity index (χ2v) is 9.03. The predicted molar refractivity (Wildman–Crippen MR) is 127 cm³/mol. The molecule has 0 spiro atoms. The largest absolute Gasteiger partial charge is 0.434 e. The molecule has 1 aliphatic rings. The molecule has 1 fully saturated rings. The second kappa shape index (κ2) is 9.35. The molecule has 0 aliphatic carbocycles. The first-order chi connectivity index (χ1) is 16.1. The van der Waals surface area contributed by atoms with Crippen molar-refractivity contribution in [2.24, 2.45) is 0 Å². The Balaban J connectivity index is 1.46. The third-order valence-corrected chi connectivity index (χ3v) is 6.66. The first kappa shape index (κ1) is 21.6. The number of benzene rings is 2. The van der Waals surface area contributed by atoms with Gasteiger partial charge in [-0.3, -0.25) is 0 Å². The van der Waals surface area contributed by atoms with Crippen molar-refractivity contribution in [1.82, 2.24) is 19.5 Å². The van der Waals surface area contributed by atoms with Crippen molar-refractivity contribution < 1.29 is 13.5 Å². The van der Waals surface area contributed by atoms with Crippen molar-refractivity contribution in [2.75, 3.05) is 29.5 Å². The number of ether oxygens (including phenoxy) is 1. The third-order valence-electron chi connectivity index (χ3n) is 5.72. The Kier molecular flexibility index (Phi) is 6.13. The number of hydrogen-bond donors (Lipinski definition) is 0. The van der Waals surface area contributed by atoms with Crippen molar-refractivity contribution in [3.05, 3.63) is 66.2 Å². The second-order valence-electron chi connectivity index (χ2n) is 7.81. The number of hydrogen-bond acceptors (Lipinski definition) is 6. The standard InChI is InChI=1S/C24H23F2N5OS/c1-16-29-20-7-6-17(19-13-27-24(28-14-19)30-8-10-33-11-9-30)12-21(20)31(16)15-18-4-2-3-5-22(18)32-23(25)26/h2-7,12-14,23H,8-11,15H2,1H3. The van der Waals surface area contributed by atoms with E-state index in [1.54, 1.807) is 18.2 Å². The van der Waals surface area contributed by atoms with Crippen molar-refractivity contribution >= 4 is 28.7 Å². The molecule has 6 nitrogen and oxygen atoms in total. The summed E-state index contributed by atoms with van der Waals surface area (Å²) in [6, 6.07) is 12.9. The molecule has 2 aromatic heterocycles. The van der Waals surface area contributed by atoms with Gasteiger partial charge in [-0.15, -0.1) is 0 Å². The van der Waals surface area contributed by atoms with Crippen LogP contribution in [0.4, 0.5) is 14.7 Å². The SMILES string of the molecule is Cc1nc2ccc(-c3cnc(N4CCSCC4)nc3)cc2n1Cc1ccccc1OC(F)F. The van der Waals surface area contributed by atoms with Crippen LogP contribution in [0.3, 0.4) is 0 Å². The minimum Gasteiger partial charge on any atom is -0.434 e. The molecule has 0 unspecified atom stereocenters. The maximum Gasteiger partial charge on any atom is 0.387 e. The van der Waals surface area contributed by atoms with E-state index < -0.39 is 6.61 Å². The number of rotatable bonds is 6.